The first-order valence-electron chi connectivity index (χ1n) is 13.8. The molecular weight excluding hydrogens is 592 g/mol. The Hall–Kier alpha value is -0.760. The van der Waals surface area contributed by atoms with Gasteiger partial charge in [0.1, 0.15) is 85.5 Å². The number of aliphatic hydroxyl groups excluding tert-OH is 12. The van der Waals surface area contributed by atoms with Gasteiger partial charge in [0.15, 0.2) is 25.2 Å². The molecule has 0 bridgehead atoms. The zero-order valence-corrected chi connectivity index (χ0v) is 23.2. The van der Waals surface area contributed by atoms with E-state index in [-0.39, 0.29) is 0 Å². The van der Waals surface area contributed by atoms with Crippen molar-refractivity contribution in [2.24, 2.45) is 0 Å². The molecule has 4 aliphatic heterocycles. The van der Waals surface area contributed by atoms with E-state index < -0.39 is 136 Å². The van der Waals surface area contributed by atoms with Crippen molar-refractivity contribution in [2.75, 3.05) is 13.2 Å². The summed E-state index contributed by atoms with van der Waals surface area (Å²) in [5.41, 5.74) is 0. The van der Waals surface area contributed by atoms with E-state index in [1.165, 1.54) is 13.8 Å². The van der Waals surface area contributed by atoms with Crippen LogP contribution < -0.4 is 0 Å². The monoisotopic (exact) mass is 634 g/mol. The Balaban J connectivity index is 1.62. The zero-order valence-electron chi connectivity index (χ0n) is 23.2. The van der Waals surface area contributed by atoms with Gasteiger partial charge < -0.3 is 94.4 Å². The lowest BCUT2D eigenvalue weighted by Gasteiger charge is -2.49. The predicted octanol–water partition coefficient (Wildman–Crippen LogP) is -7.69. The van der Waals surface area contributed by atoms with Crippen LogP contribution in [0.25, 0.3) is 0 Å². The summed E-state index contributed by atoms with van der Waals surface area (Å²) in [5.74, 6) is 0. The lowest BCUT2D eigenvalue weighted by atomic mass is 9.95. The summed E-state index contributed by atoms with van der Waals surface area (Å²) in [6, 6.07) is 0. The summed E-state index contributed by atoms with van der Waals surface area (Å²) in [6.07, 6.45) is -33.2. The Labute approximate surface area is 244 Å². The van der Waals surface area contributed by atoms with Crippen LogP contribution in [0.4, 0.5) is 0 Å². The minimum atomic E-state index is -1.97. The normalized spacial score (nSPS) is 54.8. The van der Waals surface area contributed by atoms with Gasteiger partial charge in [-0.3, -0.25) is 0 Å². The second-order valence-corrected chi connectivity index (χ2v) is 11.1. The Bertz CT molecular complexity index is 886. The number of rotatable bonds is 8. The van der Waals surface area contributed by atoms with E-state index in [4.69, 9.17) is 33.2 Å². The van der Waals surface area contributed by atoms with Crippen LogP contribution in [0.2, 0.25) is 0 Å². The Morgan fingerprint density at radius 3 is 1.37 bits per heavy atom. The number of hydrogen-bond acceptors (Lipinski definition) is 19. The fourth-order valence-corrected chi connectivity index (χ4v) is 5.40. The maximum absolute atomic E-state index is 10.9. The topological polar surface area (TPSA) is 307 Å². The third-order valence-corrected chi connectivity index (χ3v) is 8.13. The maximum atomic E-state index is 10.9. The fraction of sp³-hybridized carbons (Fsp3) is 1.00. The number of hydrogen-bond donors (Lipinski definition) is 12. The highest BCUT2D eigenvalue weighted by Gasteiger charge is 2.55. The molecule has 19 heteroatoms. The van der Waals surface area contributed by atoms with E-state index >= 15 is 0 Å². The van der Waals surface area contributed by atoms with Crippen molar-refractivity contribution >= 4 is 0 Å². The third kappa shape index (κ3) is 7.00. The minimum Gasteiger partial charge on any atom is -0.394 e. The molecule has 0 aliphatic carbocycles. The highest BCUT2D eigenvalue weighted by molar-refractivity contribution is 4.97. The van der Waals surface area contributed by atoms with Crippen LogP contribution in [0.1, 0.15) is 13.8 Å². The van der Waals surface area contributed by atoms with E-state index in [1.54, 1.807) is 0 Å². The van der Waals surface area contributed by atoms with Crippen molar-refractivity contribution in [3.05, 3.63) is 0 Å². The van der Waals surface area contributed by atoms with Gasteiger partial charge in [-0.25, -0.2) is 0 Å². The molecule has 0 spiro atoms. The number of ether oxygens (including phenoxy) is 7. The van der Waals surface area contributed by atoms with Crippen molar-refractivity contribution in [1.82, 2.24) is 0 Å². The molecule has 0 amide bonds. The standard InChI is InChI=1S/C24H42O19/c1-5-9(27)12(30)15(33)22(37-5)42-19-17(35)21(36)39-8(4-26)18(19)41-24-20(14(32)11(29)7(3-25)40-24)43-23-16(34)13(31)10(28)6(2)38-23/h5-36H,3-4H2,1-2H3/t5-,6-,7+,8+,9+,10+,11-,12+,13+,14-,15-,16-,17+,18-,19+,20+,21?,22-,23-,24-/m0/s1. The maximum Gasteiger partial charge on any atom is 0.187 e. The molecular formula is C24H42O19. The van der Waals surface area contributed by atoms with Gasteiger partial charge in [-0.15, -0.1) is 0 Å². The van der Waals surface area contributed by atoms with Gasteiger partial charge >= 0.3 is 0 Å². The Kier molecular flexibility index (Phi) is 11.7. The van der Waals surface area contributed by atoms with Crippen LogP contribution >= 0.6 is 0 Å². The van der Waals surface area contributed by atoms with Crippen molar-refractivity contribution < 1.29 is 94.4 Å². The SMILES string of the molecule is C[C@@H]1O[C@@H](O[C@H]2[C@H](O[C@@H]3[C@H](O[C@@H]4O[C@@H](C)[C@@H](O)[C@@H](O)[C@@H]4O)[C@@H](O)C(O)O[C@@H]3CO)O[C@H](CO)[C@H](O)[C@@H]2O)[C@@H](O)[C@H](O)[C@@H]1O. The molecule has 4 fully saturated rings. The van der Waals surface area contributed by atoms with Crippen molar-refractivity contribution in [3.8, 4) is 0 Å². The van der Waals surface area contributed by atoms with Gasteiger partial charge in [0.2, 0.25) is 0 Å². The van der Waals surface area contributed by atoms with Gasteiger partial charge in [-0.2, -0.15) is 0 Å². The summed E-state index contributed by atoms with van der Waals surface area (Å²) >= 11 is 0. The van der Waals surface area contributed by atoms with E-state index in [0.29, 0.717) is 0 Å². The number of aliphatic hydroxyl groups is 12. The summed E-state index contributed by atoms with van der Waals surface area (Å²) in [4.78, 5) is 0. The van der Waals surface area contributed by atoms with Crippen LogP contribution in [0, 0.1) is 0 Å². The van der Waals surface area contributed by atoms with Gasteiger partial charge in [0.25, 0.3) is 0 Å². The molecule has 4 saturated heterocycles. The van der Waals surface area contributed by atoms with E-state index in [9.17, 15) is 61.3 Å². The van der Waals surface area contributed by atoms with Gasteiger partial charge in [0.05, 0.1) is 25.4 Å². The molecule has 20 atom stereocenters. The highest BCUT2D eigenvalue weighted by atomic mass is 16.8. The van der Waals surface area contributed by atoms with Crippen molar-refractivity contribution in [3.63, 3.8) is 0 Å². The van der Waals surface area contributed by atoms with Crippen LogP contribution in [-0.4, -0.2) is 197 Å². The van der Waals surface area contributed by atoms with E-state index in [1.807, 2.05) is 0 Å². The molecule has 252 valence electrons. The molecule has 4 aliphatic rings. The average Bonchev–Trinajstić information content (AvgIpc) is 2.98. The Morgan fingerprint density at radius 2 is 0.884 bits per heavy atom. The van der Waals surface area contributed by atoms with Gasteiger partial charge in [0, 0.05) is 0 Å². The van der Waals surface area contributed by atoms with Crippen LogP contribution in [0.5, 0.6) is 0 Å². The summed E-state index contributed by atoms with van der Waals surface area (Å²) in [5, 5.41) is 123. The summed E-state index contributed by atoms with van der Waals surface area (Å²) in [6.45, 7) is 1.04. The molecule has 1 unspecified atom stereocenters. The lowest BCUT2D eigenvalue weighted by Crippen LogP contribution is -2.67. The second-order valence-electron chi connectivity index (χ2n) is 11.1. The van der Waals surface area contributed by atoms with Crippen LogP contribution in [0.3, 0.4) is 0 Å². The molecule has 19 nitrogen and oxygen atoms in total. The highest BCUT2D eigenvalue weighted by Crippen LogP contribution is 2.35. The molecule has 12 N–H and O–H groups in total. The molecule has 0 radical (unpaired) electrons. The first-order valence-corrected chi connectivity index (χ1v) is 13.8. The molecule has 0 saturated carbocycles. The third-order valence-electron chi connectivity index (χ3n) is 8.13. The minimum absolute atomic E-state index is 0.832. The fourth-order valence-electron chi connectivity index (χ4n) is 5.40. The second kappa shape index (κ2) is 14.3. The molecule has 0 aromatic rings. The summed E-state index contributed by atoms with van der Waals surface area (Å²) in [7, 11) is 0. The smallest absolute Gasteiger partial charge is 0.187 e. The zero-order chi connectivity index (χ0) is 31.9. The molecule has 4 rings (SSSR count). The predicted molar refractivity (Wildman–Crippen MR) is 131 cm³/mol. The van der Waals surface area contributed by atoms with Crippen molar-refractivity contribution in [2.45, 2.75) is 137 Å². The van der Waals surface area contributed by atoms with Crippen LogP contribution in [-0.2, 0) is 33.2 Å². The molecule has 43 heavy (non-hydrogen) atoms. The first kappa shape index (κ1) is 35.1. The molecule has 4 heterocycles. The Morgan fingerprint density at radius 1 is 0.419 bits per heavy atom. The van der Waals surface area contributed by atoms with Gasteiger partial charge in [-0.1, -0.05) is 0 Å². The lowest BCUT2D eigenvalue weighted by molar-refractivity contribution is -0.398. The van der Waals surface area contributed by atoms with Crippen molar-refractivity contribution in [1.29, 1.82) is 0 Å². The average molecular weight is 635 g/mol. The van der Waals surface area contributed by atoms with Crippen LogP contribution in [0.15, 0.2) is 0 Å². The quantitative estimate of drug-likeness (QED) is 0.118. The van der Waals surface area contributed by atoms with E-state index in [0.717, 1.165) is 0 Å². The summed E-state index contributed by atoms with van der Waals surface area (Å²) < 4.78 is 38.9. The van der Waals surface area contributed by atoms with E-state index in [2.05, 4.69) is 0 Å². The largest absolute Gasteiger partial charge is 0.394 e. The van der Waals surface area contributed by atoms with Gasteiger partial charge in [-0.05, 0) is 13.8 Å². The molecule has 0 aromatic carbocycles. The molecule has 0 aromatic heterocycles. The first-order chi connectivity index (χ1) is 20.2.